The monoisotopic (exact) mass is 280 g/mol. The highest BCUT2D eigenvalue weighted by Gasteiger charge is 2.26. The lowest BCUT2D eigenvalue weighted by Gasteiger charge is -2.15. The second-order valence-corrected chi connectivity index (χ2v) is 8.22. The molecule has 3 nitrogen and oxygen atoms in total. The molecule has 1 heterocycles. The molecule has 0 aliphatic carbocycles. The summed E-state index contributed by atoms with van der Waals surface area (Å²) < 4.78 is 23.0. The van der Waals surface area contributed by atoms with Crippen LogP contribution in [0.5, 0.6) is 5.06 Å². The van der Waals surface area contributed by atoms with E-state index >= 15 is 0 Å². The molecule has 0 fully saturated rings. The minimum Gasteiger partial charge on any atom is -0.406 e. The Morgan fingerprint density at radius 1 is 1.50 bits per heavy atom. The standard InChI is InChI=1S/C10H17O3PS2/c1-4-6-16-14(11,12-5-2)13-10-7-9(3)8-15-10/h7-8H,4-6H2,1-3H3. The van der Waals surface area contributed by atoms with E-state index in [0.717, 1.165) is 17.7 Å². The van der Waals surface area contributed by atoms with Gasteiger partial charge in [0.25, 0.3) is 0 Å². The van der Waals surface area contributed by atoms with E-state index in [4.69, 9.17) is 9.05 Å². The number of rotatable bonds is 7. The summed E-state index contributed by atoms with van der Waals surface area (Å²) in [5.41, 5.74) is 1.11. The zero-order chi connectivity index (χ0) is 12.0. The van der Waals surface area contributed by atoms with Gasteiger partial charge in [0, 0.05) is 5.75 Å². The molecular weight excluding hydrogens is 263 g/mol. The van der Waals surface area contributed by atoms with Gasteiger partial charge in [0.2, 0.25) is 0 Å². The van der Waals surface area contributed by atoms with E-state index in [-0.39, 0.29) is 0 Å². The van der Waals surface area contributed by atoms with Crippen LogP contribution in [0.4, 0.5) is 0 Å². The summed E-state index contributed by atoms with van der Waals surface area (Å²) >= 11 is 2.72. The van der Waals surface area contributed by atoms with Crippen molar-refractivity contribution in [2.45, 2.75) is 27.2 Å². The topological polar surface area (TPSA) is 35.5 Å². The Labute approximate surface area is 105 Å². The largest absolute Gasteiger partial charge is 0.440 e. The molecule has 0 aromatic carbocycles. The van der Waals surface area contributed by atoms with Crippen molar-refractivity contribution in [2.75, 3.05) is 12.4 Å². The van der Waals surface area contributed by atoms with Gasteiger partial charge in [-0.05, 0) is 48.7 Å². The van der Waals surface area contributed by atoms with Crippen LogP contribution in [-0.2, 0) is 9.09 Å². The highest BCUT2D eigenvalue weighted by Crippen LogP contribution is 2.60. The van der Waals surface area contributed by atoms with Gasteiger partial charge in [-0.25, -0.2) is 4.57 Å². The van der Waals surface area contributed by atoms with E-state index in [2.05, 4.69) is 0 Å². The summed E-state index contributed by atoms with van der Waals surface area (Å²) in [5, 5.41) is 2.63. The van der Waals surface area contributed by atoms with Gasteiger partial charge in [-0.2, -0.15) is 0 Å². The SMILES string of the molecule is CCCSP(=O)(OCC)Oc1cc(C)cs1. The van der Waals surface area contributed by atoms with Gasteiger partial charge >= 0.3 is 6.80 Å². The molecule has 0 saturated carbocycles. The van der Waals surface area contributed by atoms with Gasteiger partial charge < -0.3 is 4.52 Å². The van der Waals surface area contributed by atoms with E-state index in [1.54, 1.807) is 0 Å². The molecule has 1 rings (SSSR count). The molecule has 92 valence electrons. The van der Waals surface area contributed by atoms with Crippen molar-refractivity contribution in [3.8, 4) is 5.06 Å². The molecule has 0 saturated heterocycles. The van der Waals surface area contributed by atoms with Crippen molar-refractivity contribution in [2.24, 2.45) is 0 Å². The quantitative estimate of drug-likeness (QED) is 0.677. The van der Waals surface area contributed by atoms with Crippen molar-refractivity contribution in [3.63, 3.8) is 0 Å². The van der Waals surface area contributed by atoms with E-state index in [0.29, 0.717) is 11.7 Å². The highest BCUT2D eigenvalue weighted by molar-refractivity contribution is 8.55. The van der Waals surface area contributed by atoms with Gasteiger partial charge in [-0.15, -0.1) is 11.3 Å². The Kier molecular flexibility index (Phi) is 5.90. The van der Waals surface area contributed by atoms with E-state index in [1.165, 1.54) is 22.7 Å². The molecule has 1 unspecified atom stereocenters. The van der Waals surface area contributed by atoms with Gasteiger partial charge in [0.15, 0.2) is 5.06 Å². The summed E-state index contributed by atoms with van der Waals surface area (Å²) in [6.45, 7) is 3.23. The molecule has 1 atom stereocenters. The van der Waals surface area contributed by atoms with Crippen LogP contribution < -0.4 is 4.52 Å². The summed E-state index contributed by atoms with van der Waals surface area (Å²) in [6.07, 6.45) is 0.953. The van der Waals surface area contributed by atoms with Crippen molar-refractivity contribution in [3.05, 3.63) is 17.0 Å². The lowest BCUT2D eigenvalue weighted by atomic mass is 10.4. The first kappa shape index (κ1) is 14.1. The lowest BCUT2D eigenvalue weighted by Crippen LogP contribution is -1.94. The zero-order valence-electron chi connectivity index (χ0n) is 9.76. The van der Waals surface area contributed by atoms with Crippen molar-refractivity contribution in [1.29, 1.82) is 0 Å². The van der Waals surface area contributed by atoms with Crippen LogP contribution in [0.2, 0.25) is 0 Å². The predicted octanol–water partition coefficient (Wildman–Crippen LogP) is 4.72. The molecule has 1 aromatic heterocycles. The highest BCUT2D eigenvalue weighted by atomic mass is 32.7. The van der Waals surface area contributed by atoms with E-state index in [1.807, 2.05) is 32.2 Å². The van der Waals surface area contributed by atoms with Crippen molar-refractivity contribution in [1.82, 2.24) is 0 Å². The Bertz CT molecular complexity index is 365. The first-order valence-corrected chi connectivity index (χ1v) is 9.24. The Morgan fingerprint density at radius 2 is 2.25 bits per heavy atom. The van der Waals surface area contributed by atoms with E-state index < -0.39 is 6.80 Å². The average Bonchev–Trinajstić information content (AvgIpc) is 2.61. The van der Waals surface area contributed by atoms with Gasteiger partial charge in [-0.1, -0.05) is 6.92 Å². The predicted molar refractivity (Wildman–Crippen MR) is 71.7 cm³/mol. The Balaban J connectivity index is 2.66. The molecule has 16 heavy (non-hydrogen) atoms. The van der Waals surface area contributed by atoms with E-state index in [9.17, 15) is 4.57 Å². The number of aryl methyl sites for hydroxylation is 1. The van der Waals surface area contributed by atoms with Gasteiger partial charge in [0.1, 0.15) is 0 Å². The van der Waals surface area contributed by atoms with Gasteiger partial charge in [-0.3, -0.25) is 4.52 Å². The fraction of sp³-hybridized carbons (Fsp3) is 0.600. The zero-order valence-corrected chi connectivity index (χ0v) is 12.3. The first-order chi connectivity index (χ1) is 7.59. The molecule has 0 N–H and O–H groups in total. The van der Waals surface area contributed by atoms with Crippen LogP contribution in [0, 0.1) is 6.92 Å². The average molecular weight is 280 g/mol. The molecule has 0 aliphatic rings. The second-order valence-electron chi connectivity index (χ2n) is 3.23. The Hall–Kier alpha value is 0.0400. The summed E-state index contributed by atoms with van der Waals surface area (Å²) in [5.74, 6) is 0.779. The minimum absolute atomic E-state index is 0.401. The maximum absolute atomic E-state index is 12.3. The maximum atomic E-state index is 12.3. The van der Waals surface area contributed by atoms with Crippen LogP contribution in [0.15, 0.2) is 11.4 Å². The molecule has 6 heteroatoms. The number of thiophene rings is 1. The van der Waals surface area contributed by atoms with Crippen LogP contribution in [0.1, 0.15) is 25.8 Å². The third-order valence-corrected chi connectivity index (χ3v) is 6.63. The third-order valence-electron chi connectivity index (χ3n) is 1.65. The van der Waals surface area contributed by atoms with Crippen LogP contribution in [0.3, 0.4) is 0 Å². The molecular formula is C10H17O3PS2. The van der Waals surface area contributed by atoms with Crippen LogP contribution >= 0.6 is 29.5 Å². The third kappa shape index (κ3) is 4.50. The fourth-order valence-corrected chi connectivity index (χ4v) is 5.58. The Morgan fingerprint density at radius 3 is 2.75 bits per heavy atom. The fourth-order valence-electron chi connectivity index (χ4n) is 1.01. The molecule has 0 aliphatic heterocycles. The summed E-state index contributed by atoms with van der Waals surface area (Å²) in [7, 11) is 0. The molecule has 1 aromatic rings. The molecule has 0 spiro atoms. The smallest absolute Gasteiger partial charge is 0.406 e. The van der Waals surface area contributed by atoms with Crippen molar-refractivity contribution < 1.29 is 13.6 Å². The van der Waals surface area contributed by atoms with Gasteiger partial charge in [0.05, 0.1) is 6.61 Å². The number of hydrogen-bond donors (Lipinski definition) is 0. The minimum atomic E-state index is -3.02. The molecule has 0 amide bonds. The maximum Gasteiger partial charge on any atom is 0.440 e. The molecule has 0 radical (unpaired) electrons. The lowest BCUT2D eigenvalue weighted by molar-refractivity contribution is 0.298. The summed E-state index contributed by atoms with van der Waals surface area (Å²) in [6, 6.07) is 1.88. The number of hydrogen-bond acceptors (Lipinski definition) is 5. The second kappa shape index (κ2) is 6.70. The summed E-state index contributed by atoms with van der Waals surface area (Å²) in [4.78, 5) is 0. The first-order valence-electron chi connectivity index (χ1n) is 5.23. The molecule has 0 bridgehead atoms. The van der Waals surface area contributed by atoms with Crippen LogP contribution in [-0.4, -0.2) is 12.4 Å². The van der Waals surface area contributed by atoms with Crippen LogP contribution in [0.25, 0.3) is 0 Å². The van der Waals surface area contributed by atoms with Crippen molar-refractivity contribution >= 4 is 29.5 Å². The normalized spacial score (nSPS) is 14.7.